The Hall–Kier alpha value is -1.64. The summed E-state index contributed by atoms with van der Waals surface area (Å²) in [5.41, 5.74) is 2.03. The summed E-state index contributed by atoms with van der Waals surface area (Å²) in [5, 5.41) is 0. The maximum Gasteiger partial charge on any atom is 0.330 e. The molecular weight excluding hydrogens is 238 g/mol. The molecule has 0 aliphatic carbocycles. The molecule has 0 saturated heterocycles. The molecule has 0 amide bonds. The molecule has 19 heavy (non-hydrogen) atoms. The van der Waals surface area contributed by atoms with Gasteiger partial charge in [0.2, 0.25) is 0 Å². The number of rotatable bonds is 6. The van der Waals surface area contributed by atoms with Gasteiger partial charge in [0.15, 0.2) is 0 Å². The molecule has 0 spiro atoms. The first-order valence-electron chi connectivity index (χ1n) is 6.89. The van der Waals surface area contributed by atoms with Gasteiger partial charge in [-0.1, -0.05) is 51.1 Å². The van der Waals surface area contributed by atoms with Crippen LogP contribution in [0.4, 0.5) is 0 Å². The first-order chi connectivity index (χ1) is 9.10. The molecule has 1 aromatic rings. The van der Waals surface area contributed by atoms with Gasteiger partial charge in [0.25, 0.3) is 0 Å². The van der Waals surface area contributed by atoms with Gasteiger partial charge in [-0.15, -0.1) is 0 Å². The van der Waals surface area contributed by atoms with E-state index in [9.17, 15) is 4.79 Å². The Morgan fingerprint density at radius 1 is 1.21 bits per heavy atom. The fourth-order valence-corrected chi connectivity index (χ4v) is 1.88. The molecule has 3 nitrogen and oxygen atoms in total. The molecular formula is C16H23NO2. The summed E-state index contributed by atoms with van der Waals surface area (Å²) in [7, 11) is 0. The van der Waals surface area contributed by atoms with Crippen LogP contribution in [0.2, 0.25) is 0 Å². The van der Waals surface area contributed by atoms with Gasteiger partial charge >= 0.3 is 5.97 Å². The quantitative estimate of drug-likeness (QED) is 0.581. The van der Waals surface area contributed by atoms with E-state index in [1.165, 1.54) is 0 Å². The highest BCUT2D eigenvalue weighted by Crippen LogP contribution is 2.13. The lowest BCUT2D eigenvalue weighted by Crippen LogP contribution is -2.24. The van der Waals surface area contributed by atoms with E-state index in [4.69, 9.17) is 4.74 Å². The van der Waals surface area contributed by atoms with E-state index in [0.717, 1.165) is 11.3 Å². The first kappa shape index (κ1) is 15.4. The van der Waals surface area contributed by atoms with Gasteiger partial charge < -0.3 is 4.74 Å². The number of carbonyl (C=O) groups excluding carboxylic acids is 1. The number of ether oxygens (including phenoxy) is 1. The second-order valence-electron chi connectivity index (χ2n) is 4.71. The Morgan fingerprint density at radius 3 is 2.32 bits per heavy atom. The summed E-state index contributed by atoms with van der Waals surface area (Å²) >= 11 is 0. The maximum absolute atomic E-state index is 11.8. The Bertz CT molecular complexity index is 424. The van der Waals surface area contributed by atoms with E-state index in [2.05, 4.69) is 18.8 Å². The Kier molecular flexibility index (Phi) is 6.26. The molecule has 1 unspecified atom stereocenters. The van der Waals surface area contributed by atoms with Crippen LogP contribution in [0.3, 0.4) is 0 Å². The molecule has 0 N–H and O–H groups in total. The van der Waals surface area contributed by atoms with Crippen molar-refractivity contribution in [2.45, 2.75) is 40.2 Å². The third kappa shape index (κ3) is 4.51. The molecule has 0 aliphatic rings. The number of nitrogens with zero attached hydrogens (tertiary/aromatic N) is 1. The maximum atomic E-state index is 11.8. The summed E-state index contributed by atoms with van der Waals surface area (Å²) in [6, 6.07) is 9.59. The van der Waals surface area contributed by atoms with Crippen LogP contribution < -0.4 is 0 Å². The van der Waals surface area contributed by atoms with E-state index in [1.54, 1.807) is 0 Å². The van der Waals surface area contributed by atoms with Crippen molar-refractivity contribution in [3.8, 4) is 0 Å². The molecule has 0 aliphatic heterocycles. The van der Waals surface area contributed by atoms with Crippen LogP contribution >= 0.6 is 0 Å². The summed E-state index contributed by atoms with van der Waals surface area (Å²) in [6.45, 7) is 8.34. The topological polar surface area (TPSA) is 38.7 Å². The number of benzene rings is 1. The third-order valence-corrected chi connectivity index (χ3v) is 2.86. The van der Waals surface area contributed by atoms with Gasteiger partial charge in [-0.05, 0) is 24.8 Å². The summed E-state index contributed by atoms with van der Waals surface area (Å²) < 4.78 is 5.07. The highest BCUT2D eigenvalue weighted by Gasteiger charge is 2.19. The van der Waals surface area contributed by atoms with Crippen LogP contribution in [-0.4, -0.2) is 24.3 Å². The molecule has 0 radical (unpaired) electrons. The Labute approximate surface area is 115 Å². The second kappa shape index (κ2) is 7.72. The van der Waals surface area contributed by atoms with E-state index in [1.807, 2.05) is 44.2 Å². The zero-order valence-electron chi connectivity index (χ0n) is 12.2. The van der Waals surface area contributed by atoms with Gasteiger partial charge in [0.05, 0.1) is 6.61 Å². The normalized spacial score (nSPS) is 13.4. The summed E-state index contributed by atoms with van der Waals surface area (Å²) in [4.78, 5) is 16.5. The van der Waals surface area contributed by atoms with Crippen LogP contribution in [0.25, 0.3) is 0 Å². The molecule has 0 heterocycles. The van der Waals surface area contributed by atoms with Crippen molar-refractivity contribution in [2.24, 2.45) is 10.9 Å². The van der Waals surface area contributed by atoms with Crippen LogP contribution in [0, 0.1) is 5.92 Å². The van der Waals surface area contributed by atoms with E-state index in [0.29, 0.717) is 13.0 Å². The first-order valence-corrected chi connectivity index (χ1v) is 6.89. The minimum atomic E-state index is -0.405. The lowest BCUT2D eigenvalue weighted by atomic mass is 9.99. The number of hydrogen-bond donors (Lipinski definition) is 0. The highest BCUT2D eigenvalue weighted by molar-refractivity contribution is 6.02. The van der Waals surface area contributed by atoms with E-state index < -0.39 is 6.04 Å². The van der Waals surface area contributed by atoms with Gasteiger partial charge in [0.1, 0.15) is 6.04 Å². The molecule has 1 aromatic carbocycles. The lowest BCUT2D eigenvalue weighted by Gasteiger charge is -2.15. The molecule has 0 aromatic heterocycles. The van der Waals surface area contributed by atoms with Crippen molar-refractivity contribution >= 4 is 11.7 Å². The SMILES string of the molecule is CCOC(=O)C(CC)N=C(c1ccccc1)C(C)C. The Morgan fingerprint density at radius 2 is 1.84 bits per heavy atom. The highest BCUT2D eigenvalue weighted by atomic mass is 16.5. The fourth-order valence-electron chi connectivity index (χ4n) is 1.88. The van der Waals surface area contributed by atoms with Crippen LogP contribution in [0.15, 0.2) is 35.3 Å². The lowest BCUT2D eigenvalue weighted by molar-refractivity contribution is -0.144. The van der Waals surface area contributed by atoms with Crippen molar-refractivity contribution in [1.29, 1.82) is 0 Å². The van der Waals surface area contributed by atoms with Gasteiger partial charge in [-0.2, -0.15) is 0 Å². The minimum Gasteiger partial charge on any atom is -0.464 e. The molecule has 3 heteroatoms. The van der Waals surface area contributed by atoms with Crippen molar-refractivity contribution in [3.05, 3.63) is 35.9 Å². The zero-order chi connectivity index (χ0) is 14.3. The van der Waals surface area contributed by atoms with Crippen molar-refractivity contribution < 1.29 is 9.53 Å². The standard InChI is InChI=1S/C16H23NO2/c1-5-14(16(18)19-6-2)17-15(12(3)4)13-10-8-7-9-11-13/h7-12,14H,5-6H2,1-4H3. The van der Waals surface area contributed by atoms with Crippen molar-refractivity contribution in [1.82, 2.24) is 0 Å². The van der Waals surface area contributed by atoms with Gasteiger partial charge in [0, 0.05) is 5.71 Å². The molecule has 104 valence electrons. The number of aliphatic imine (C=N–C) groups is 1. The minimum absolute atomic E-state index is 0.237. The molecule has 1 atom stereocenters. The molecule has 1 rings (SSSR count). The summed E-state index contributed by atoms with van der Waals surface area (Å²) in [6.07, 6.45) is 0.655. The van der Waals surface area contributed by atoms with E-state index >= 15 is 0 Å². The number of hydrogen-bond acceptors (Lipinski definition) is 3. The van der Waals surface area contributed by atoms with Crippen LogP contribution in [0.1, 0.15) is 39.7 Å². The third-order valence-electron chi connectivity index (χ3n) is 2.86. The molecule has 0 fully saturated rings. The average Bonchev–Trinajstić information content (AvgIpc) is 2.40. The average molecular weight is 261 g/mol. The predicted octanol–water partition coefficient (Wildman–Crippen LogP) is 3.47. The van der Waals surface area contributed by atoms with Crippen molar-refractivity contribution in [3.63, 3.8) is 0 Å². The van der Waals surface area contributed by atoms with Gasteiger partial charge in [-0.25, -0.2) is 4.79 Å². The molecule has 0 bridgehead atoms. The number of carbonyl (C=O) groups is 1. The molecule has 0 saturated carbocycles. The Balaban J connectivity index is 3.04. The zero-order valence-corrected chi connectivity index (χ0v) is 12.2. The number of esters is 1. The smallest absolute Gasteiger partial charge is 0.330 e. The van der Waals surface area contributed by atoms with Crippen molar-refractivity contribution in [2.75, 3.05) is 6.61 Å². The summed E-state index contributed by atoms with van der Waals surface area (Å²) in [5.74, 6) is 0.0324. The second-order valence-corrected chi connectivity index (χ2v) is 4.71. The van der Waals surface area contributed by atoms with Gasteiger partial charge in [-0.3, -0.25) is 4.99 Å². The fraction of sp³-hybridized carbons (Fsp3) is 0.500. The van der Waals surface area contributed by atoms with Crippen LogP contribution in [-0.2, 0) is 9.53 Å². The van der Waals surface area contributed by atoms with Crippen LogP contribution in [0.5, 0.6) is 0 Å². The monoisotopic (exact) mass is 261 g/mol. The predicted molar refractivity (Wildman–Crippen MR) is 78.5 cm³/mol. The largest absolute Gasteiger partial charge is 0.464 e. The van der Waals surface area contributed by atoms with E-state index in [-0.39, 0.29) is 11.9 Å².